The highest BCUT2D eigenvalue weighted by molar-refractivity contribution is 8.26. The first-order valence-electron chi connectivity index (χ1n) is 7.89. The van der Waals surface area contributed by atoms with Crippen molar-refractivity contribution in [3.05, 3.63) is 59.0 Å². The van der Waals surface area contributed by atoms with E-state index in [0.29, 0.717) is 20.7 Å². The molecule has 7 heteroatoms. The summed E-state index contributed by atoms with van der Waals surface area (Å²) in [5, 5.41) is 3.20. The van der Waals surface area contributed by atoms with E-state index in [2.05, 4.69) is 5.32 Å². The van der Waals surface area contributed by atoms with Crippen molar-refractivity contribution in [2.45, 2.75) is 0 Å². The quantitative estimate of drug-likeness (QED) is 0.599. The van der Waals surface area contributed by atoms with Gasteiger partial charge in [0.1, 0.15) is 15.8 Å². The molecule has 1 aliphatic rings. The maximum Gasteiger partial charge on any atom is 0.267 e. The van der Waals surface area contributed by atoms with Crippen LogP contribution in [0.1, 0.15) is 5.56 Å². The van der Waals surface area contributed by atoms with Gasteiger partial charge in [0.15, 0.2) is 0 Å². The fourth-order valence-corrected chi connectivity index (χ4v) is 3.76. The Hall–Kier alpha value is -2.51. The van der Waals surface area contributed by atoms with Crippen molar-refractivity contribution >= 4 is 46.0 Å². The predicted molar refractivity (Wildman–Crippen MR) is 109 cm³/mol. The van der Waals surface area contributed by atoms with E-state index in [1.807, 2.05) is 48.5 Å². The number of thiocarbonyl (C=S) groups is 1. The van der Waals surface area contributed by atoms with Crippen LogP contribution >= 0.6 is 24.0 Å². The van der Waals surface area contributed by atoms with Gasteiger partial charge in [-0.05, 0) is 24.3 Å². The molecule has 5 nitrogen and oxygen atoms in total. The number of para-hydroxylation sites is 3. The van der Waals surface area contributed by atoms with Gasteiger partial charge < -0.3 is 14.8 Å². The van der Waals surface area contributed by atoms with Crippen LogP contribution in [0.5, 0.6) is 11.5 Å². The number of hydrogen-bond acceptors (Lipinski definition) is 6. The molecule has 0 bridgehead atoms. The molecular weight excluding hydrogens is 368 g/mol. The number of carbonyl (C=O) groups excluding carboxylic acids is 1. The highest BCUT2D eigenvalue weighted by Crippen LogP contribution is 2.34. The van der Waals surface area contributed by atoms with E-state index < -0.39 is 0 Å². The number of rotatable bonds is 6. The monoisotopic (exact) mass is 386 g/mol. The minimum Gasteiger partial charge on any atom is -0.496 e. The minimum atomic E-state index is -0.131. The highest BCUT2D eigenvalue weighted by Gasteiger charge is 2.32. The van der Waals surface area contributed by atoms with Crippen LogP contribution in [0, 0.1) is 0 Å². The van der Waals surface area contributed by atoms with Crippen molar-refractivity contribution in [3.8, 4) is 11.5 Å². The Morgan fingerprint density at radius 1 is 1.08 bits per heavy atom. The van der Waals surface area contributed by atoms with Gasteiger partial charge in [-0.3, -0.25) is 9.69 Å². The predicted octanol–water partition coefficient (Wildman–Crippen LogP) is 3.97. The zero-order chi connectivity index (χ0) is 18.5. The first kappa shape index (κ1) is 18.3. The second kappa shape index (κ2) is 8.25. The van der Waals surface area contributed by atoms with E-state index in [-0.39, 0.29) is 12.6 Å². The van der Waals surface area contributed by atoms with Gasteiger partial charge in [0.25, 0.3) is 5.91 Å². The van der Waals surface area contributed by atoms with Crippen molar-refractivity contribution in [2.24, 2.45) is 0 Å². The van der Waals surface area contributed by atoms with E-state index in [1.54, 1.807) is 20.3 Å². The first-order chi connectivity index (χ1) is 12.6. The molecule has 1 saturated heterocycles. The zero-order valence-electron chi connectivity index (χ0n) is 14.4. The average Bonchev–Trinajstić information content (AvgIpc) is 2.93. The lowest BCUT2D eigenvalue weighted by Crippen LogP contribution is -2.33. The second-order valence-electron chi connectivity index (χ2n) is 5.39. The van der Waals surface area contributed by atoms with Gasteiger partial charge in [0, 0.05) is 5.56 Å². The SMILES string of the molecule is COc1ccccc1/C=C1/SC(=S)N(CNc2ccccc2OC)C1=O. The van der Waals surface area contributed by atoms with Crippen molar-refractivity contribution < 1.29 is 14.3 Å². The zero-order valence-corrected chi connectivity index (χ0v) is 16.0. The number of thioether (sulfide) groups is 1. The largest absolute Gasteiger partial charge is 0.496 e. The average molecular weight is 386 g/mol. The van der Waals surface area contributed by atoms with Gasteiger partial charge in [-0.15, -0.1) is 0 Å². The molecule has 1 aliphatic heterocycles. The normalized spacial score (nSPS) is 15.5. The van der Waals surface area contributed by atoms with E-state index in [9.17, 15) is 4.79 Å². The Labute approximate surface area is 162 Å². The van der Waals surface area contributed by atoms with Gasteiger partial charge in [0.2, 0.25) is 0 Å². The molecule has 0 spiro atoms. The Kier molecular flexibility index (Phi) is 5.80. The summed E-state index contributed by atoms with van der Waals surface area (Å²) in [6.45, 7) is 0.272. The smallest absolute Gasteiger partial charge is 0.267 e. The number of anilines is 1. The van der Waals surface area contributed by atoms with Crippen molar-refractivity contribution in [3.63, 3.8) is 0 Å². The van der Waals surface area contributed by atoms with Gasteiger partial charge in [-0.1, -0.05) is 54.3 Å². The van der Waals surface area contributed by atoms with Crippen molar-refractivity contribution in [2.75, 3.05) is 26.2 Å². The van der Waals surface area contributed by atoms with Crippen molar-refractivity contribution in [1.29, 1.82) is 0 Å². The van der Waals surface area contributed by atoms with Crippen LogP contribution in [0.2, 0.25) is 0 Å². The van der Waals surface area contributed by atoms with E-state index in [4.69, 9.17) is 21.7 Å². The van der Waals surface area contributed by atoms with Crippen molar-refractivity contribution in [1.82, 2.24) is 4.90 Å². The van der Waals surface area contributed by atoms with E-state index in [1.165, 1.54) is 16.7 Å². The summed E-state index contributed by atoms with van der Waals surface area (Å²) >= 11 is 6.66. The first-order valence-corrected chi connectivity index (χ1v) is 9.12. The number of carbonyl (C=O) groups is 1. The number of methoxy groups -OCH3 is 2. The molecule has 134 valence electrons. The maximum absolute atomic E-state index is 12.7. The molecule has 0 aromatic heterocycles. The highest BCUT2D eigenvalue weighted by atomic mass is 32.2. The summed E-state index contributed by atoms with van der Waals surface area (Å²) in [5.41, 5.74) is 1.64. The molecule has 0 saturated carbocycles. The van der Waals surface area contributed by atoms with E-state index >= 15 is 0 Å². The minimum absolute atomic E-state index is 0.131. The molecular formula is C19H18N2O3S2. The van der Waals surface area contributed by atoms with Crippen LogP contribution in [0.4, 0.5) is 5.69 Å². The van der Waals surface area contributed by atoms with Crippen LogP contribution in [-0.2, 0) is 4.79 Å². The Bertz CT molecular complexity index is 867. The summed E-state index contributed by atoms with van der Waals surface area (Å²) in [7, 11) is 3.21. The number of amides is 1. The summed E-state index contributed by atoms with van der Waals surface area (Å²) in [4.78, 5) is 14.8. The number of hydrogen-bond donors (Lipinski definition) is 1. The third kappa shape index (κ3) is 3.84. The van der Waals surface area contributed by atoms with Crippen LogP contribution < -0.4 is 14.8 Å². The van der Waals surface area contributed by atoms with Gasteiger partial charge in [0.05, 0.1) is 31.5 Å². The molecule has 2 aromatic carbocycles. The Morgan fingerprint density at radius 3 is 2.46 bits per heavy atom. The lowest BCUT2D eigenvalue weighted by Gasteiger charge is -2.17. The van der Waals surface area contributed by atoms with Crippen LogP contribution in [0.3, 0.4) is 0 Å². The third-order valence-corrected chi connectivity index (χ3v) is 5.21. The molecule has 26 heavy (non-hydrogen) atoms. The molecule has 0 radical (unpaired) electrons. The van der Waals surface area contributed by atoms with Gasteiger partial charge in [-0.25, -0.2) is 0 Å². The standard InChI is InChI=1S/C19H18N2O3S2/c1-23-15-9-5-3-7-13(15)11-17-18(22)21(19(25)26-17)12-20-14-8-4-6-10-16(14)24-2/h3-11,20H,12H2,1-2H3/b17-11+. The number of ether oxygens (including phenoxy) is 2. The van der Waals surface area contributed by atoms with Crippen LogP contribution in [0.25, 0.3) is 6.08 Å². The summed E-state index contributed by atoms with van der Waals surface area (Å²) in [6, 6.07) is 15.1. The number of nitrogens with zero attached hydrogens (tertiary/aromatic N) is 1. The molecule has 3 rings (SSSR count). The second-order valence-corrected chi connectivity index (χ2v) is 7.06. The number of benzene rings is 2. The molecule has 1 N–H and O–H groups in total. The Balaban J connectivity index is 1.76. The molecule has 0 unspecified atom stereocenters. The maximum atomic E-state index is 12.7. The molecule has 2 aromatic rings. The lowest BCUT2D eigenvalue weighted by molar-refractivity contribution is -0.121. The molecule has 1 amide bonds. The molecule has 0 aliphatic carbocycles. The molecule has 0 atom stereocenters. The van der Waals surface area contributed by atoms with Crippen LogP contribution in [-0.4, -0.2) is 36.0 Å². The summed E-state index contributed by atoms with van der Waals surface area (Å²) in [5.74, 6) is 1.29. The fourth-order valence-electron chi connectivity index (χ4n) is 2.52. The fraction of sp³-hybridized carbons (Fsp3) is 0.158. The van der Waals surface area contributed by atoms with Gasteiger partial charge >= 0.3 is 0 Å². The summed E-state index contributed by atoms with van der Waals surface area (Å²) < 4.78 is 11.2. The molecule has 1 fully saturated rings. The lowest BCUT2D eigenvalue weighted by atomic mass is 10.2. The topological polar surface area (TPSA) is 50.8 Å². The summed E-state index contributed by atoms with van der Waals surface area (Å²) in [6.07, 6.45) is 1.81. The van der Waals surface area contributed by atoms with Crippen LogP contribution in [0.15, 0.2) is 53.4 Å². The molecule has 1 heterocycles. The number of nitrogens with one attached hydrogen (secondary N) is 1. The van der Waals surface area contributed by atoms with Gasteiger partial charge in [-0.2, -0.15) is 0 Å². The third-order valence-electron chi connectivity index (χ3n) is 3.83. The Morgan fingerprint density at radius 2 is 1.73 bits per heavy atom. The van der Waals surface area contributed by atoms with E-state index in [0.717, 1.165) is 11.3 Å².